The predicted molar refractivity (Wildman–Crippen MR) is 38.5 cm³/mol. The van der Waals surface area contributed by atoms with Gasteiger partial charge in [0.25, 0.3) is 0 Å². The highest BCUT2D eigenvalue weighted by Crippen LogP contribution is 2.17. The molecule has 3 heteroatoms. The molecule has 0 unspecified atom stereocenters. The SMILES string of the molecule is [B]c1cccc(Cl)c1O. The molecule has 0 heterocycles. The quantitative estimate of drug-likeness (QED) is 0.527. The van der Waals surface area contributed by atoms with E-state index in [9.17, 15) is 0 Å². The number of phenols is 1. The summed E-state index contributed by atoms with van der Waals surface area (Å²) in [7, 11) is 5.29. The van der Waals surface area contributed by atoms with Crippen molar-refractivity contribution in [3.05, 3.63) is 23.2 Å². The second-order valence-electron chi connectivity index (χ2n) is 1.68. The molecule has 44 valence electrons. The zero-order valence-corrected chi connectivity index (χ0v) is 5.39. The molecule has 0 bridgehead atoms. The summed E-state index contributed by atoms with van der Waals surface area (Å²) < 4.78 is 0. The third kappa shape index (κ3) is 1.19. The molecular formula is C6H4BClO. The number of hydrogen-bond donors (Lipinski definition) is 1. The summed E-state index contributed by atoms with van der Waals surface area (Å²) in [5.74, 6) is -0.0424. The minimum absolute atomic E-state index is 0.0424. The molecule has 0 aromatic heterocycles. The van der Waals surface area contributed by atoms with Crippen molar-refractivity contribution in [2.24, 2.45) is 0 Å². The zero-order valence-electron chi connectivity index (χ0n) is 4.63. The molecule has 1 aromatic carbocycles. The largest absolute Gasteiger partial charge is 0.507 e. The Bertz CT molecular complexity index is 204. The molecule has 1 rings (SSSR count). The molecule has 0 aliphatic rings. The van der Waals surface area contributed by atoms with Crippen LogP contribution in [0.25, 0.3) is 0 Å². The Morgan fingerprint density at radius 1 is 1.44 bits per heavy atom. The Hall–Kier alpha value is -0.625. The van der Waals surface area contributed by atoms with Gasteiger partial charge in [-0.15, -0.1) is 0 Å². The highest BCUT2D eigenvalue weighted by Gasteiger charge is 1.96. The second kappa shape index (κ2) is 2.32. The molecule has 0 atom stereocenters. The van der Waals surface area contributed by atoms with Crippen molar-refractivity contribution in [2.75, 3.05) is 0 Å². The van der Waals surface area contributed by atoms with Crippen LogP contribution in [0.1, 0.15) is 0 Å². The van der Waals surface area contributed by atoms with Gasteiger partial charge in [0.1, 0.15) is 13.6 Å². The van der Waals surface area contributed by atoms with E-state index in [1.807, 2.05) is 0 Å². The van der Waals surface area contributed by atoms with Gasteiger partial charge in [-0.3, -0.25) is 0 Å². The molecule has 0 saturated carbocycles. The van der Waals surface area contributed by atoms with Crippen LogP contribution in [0.4, 0.5) is 0 Å². The molecule has 9 heavy (non-hydrogen) atoms. The van der Waals surface area contributed by atoms with Gasteiger partial charge in [0.2, 0.25) is 0 Å². The van der Waals surface area contributed by atoms with Crippen molar-refractivity contribution in [1.82, 2.24) is 0 Å². The van der Waals surface area contributed by atoms with E-state index < -0.39 is 0 Å². The molecule has 0 saturated heterocycles. The molecule has 0 aliphatic carbocycles. The molecule has 1 nitrogen and oxygen atoms in total. The molecule has 1 aromatic rings. The minimum atomic E-state index is -0.0424. The highest BCUT2D eigenvalue weighted by molar-refractivity contribution is 6.39. The summed E-state index contributed by atoms with van der Waals surface area (Å²) in [6, 6.07) is 4.84. The highest BCUT2D eigenvalue weighted by atomic mass is 35.5. The Kier molecular flexibility index (Phi) is 1.67. The van der Waals surface area contributed by atoms with Gasteiger partial charge >= 0.3 is 0 Å². The normalized spacial score (nSPS) is 9.44. The number of halogens is 1. The summed E-state index contributed by atoms with van der Waals surface area (Å²) in [5.41, 5.74) is 0.308. The first-order chi connectivity index (χ1) is 4.22. The van der Waals surface area contributed by atoms with Crippen LogP contribution in [0.2, 0.25) is 5.02 Å². The van der Waals surface area contributed by atoms with Crippen molar-refractivity contribution in [1.29, 1.82) is 0 Å². The average Bonchev–Trinajstić information content (AvgIpc) is 1.83. The van der Waals surface area contributed by atoms with E-state index in [0.717, 1.165) is 0 Å². The van der Waals surface area contributed by atoms with Crippen molar-refractivity contribution < 1.29 is 5.11 Å². The van der Waals surface area contributed by atoms with Crippen LogP contribution in [0, 0.1) is 0 Å². The molecule has 0 spiro atoms. The summed E-state index contributed by atoms with van der Waals surface area (Å²) >= 11 is 5.48. The van der Waals surface area contributed by atoms with Crippen molar-refractivity contribution in [3.8, 4) is 5.75 Å². The second-order valence-corrected chi connectivity index (χ2v) is 2.08. The molecule has 0 aliphatic heterocycles. The van der Waals surface area contributed by atoms with Crippen molar-refractivity contribution >= 4 is 24.9 Å². The standard InChI is InChI=1S/C6H4BClO/c7-4-2-1-3-5(8)6(4)9/h1-3,9H. The van der Waals surface area contributed by atoms with Gasteiger partial charge in [-0.1, -0.05) is 29.2 Å². The molecule has 0 amide bonds. The first-order valence-electron chi connectivity index (χ1n) is 2.45. The van der Waals surface area contributed by atoms with E-state index in [4.69, 9.17) is 24.6 Å². The number of benzene rings is 1. The lowest BCUT2D eigenvalue weighted by molar-refractivity contribution is 0.480. The van der Waals surface area contributed by atoms with E-state index in [1.54, 1.807) is 18.2 Å². The fourth-order valence-electron chi connectivity index (χ4n) is 0.532. The molecule has 1 N–H and O–H groups in total. The Balaban J connectivity index is 3.25. The van der Waals surface area contributed by atoms with E-state index in [2.05, 4.69) is 0 Å². The average molecular weight is 138 g/mol. The number of para-hydroxylation sites is 1. The van der Waals surface area contributed by atoms with Crippen LogP contribution in [-0.2, 0) is 0 Å². The summed E-state index contributed by atoms with van der Waals surface area (Å²) in [4.78, 5) is 0. The van der Waals surface area contributed by atoms with E-state index >= 15 is 0 Å². The lowest BCUT2D eigenvalue weighted by Gasteiger charge is -1.97. The third-order valence-electron chi connectivity index (χ3n) is 1.02. The molecule has 2 radical (unpaired) electrons. The number of aromatic hydroxyl groups is 1. The Labute approximate surface area is 59.7 Å². The lowest BCUT2D eigenvalue weighted by Crippen LogP contribution is -2.00. The predicted octanol–water partition coefficient (Wildman–Crippen LogP) is 0.839. The Morgan fingerprint density at radius 2 is 2.11 bits per heavy atom. The summed E-state index contributed by atoms with van der Waals surface area (Å²) in [6.45, 7) is 0. The van der Waals surface area contributed by atoms with Gasteiger partial charge in [0.05, 0.1) is 5.02 Å². The molecule has 0 fully saturated rings. The van der Waals surface area contributed by atoms with E-state index in [-0.39, 0.29) is 10.8 Å². The molecular weight excluding hydrogens is 134 g/mol. The maximum absolute atomic E-state index is 8.95. The van der Waals surface area contributed by atoms with Gasteiger partial charge in [0, 0.05) is 0 Å². The lowest BCUT2D eigenvalue weighted by atomic mass is 9.95. The maximum atomic E-state index is 8.95. The van der Waals surface area contributed by atoms with Crippen molar-refractivity contribution in [2.45, 2.75) is 0 Å². The summed E-state index contributed by atoms with van der Waals surface area (Å²) in [6.07, 6.45) is 0. The van der Waals surface area contributed by atoms with E-state index in [0.29, 0.717) is 5.46 Å². The fraction of sp³-hybridized carbons (Fsp3) is 0. The van der Waals surface area contributed by atoms with Crippen LogP contribution in [-0.4, -0.2) is 13.0 Å². The zero-order chi connectivity index (χ0) is 6.85. The third-order valence-corrected chi connectivity index (χ3v) is 1.32. The van der Waals surface area contributed by atoms with Gasteiger partial charge < -0.3 is 5.11 Å². The fourth-order valence-corrected chi connectivity index (χ4v) is 0.714. The van der Waals surface area contributed by atoms with Gasteiger partial charge in [0.15, 0.2) is 0 Å². The monoisotopic (exact) mass is 138 g/mol. The van der Waals surface area contributed by atoms with Crippen LogP contribution in [0.15, 0.2) is 18.2 Å². The number of rotatable bonds is 0. The van der Waals surface area contributed by atoms with Gasteiger partial charge in [-0.2, -0.15) is 0 Å². The topological polar surface area (TPSA) is 20.2 Å². The Morgan fingerprint density at radius 3 is 2.56 bits per heavy atom. The van der Waals surface area contributed by atoms with Crippen LogP contribution >= 0.6 is 11.6 Å². The smallest absolute Gasteiger partial charge is 0.127 e. The van der Waals surface area contributed by atoms with Crippen LogP contribution < -0.4 is 5.46 Å². The van der Waals surface area contributed by atoms with Gasteiger partial charge in [-0.05, 0) is 6.07 Å². The number of phenolic OH excluding ortho intramolecular Hbond substituents is 1. The van der Waals surface area contributed by atoms with Crippen molar-refractivity contribution in [3.63, 3.8) is 0 Å². The number of hydrogen-bond acceptors (Lipinski definition) is 1. The first kappa shape index (κ1) is 6.49. The van der Waals surface area contributed by atoms with Crippen LogP contribution in [0.5, 0.6) is 5.75 Å². The van der Waals surface area contributed by atoms with Gasteiger partial charge in [-0.25, -0.2) is 0 Å². The minimum Gasteiger partial charge on any atom is -0.507 e. The van der Waals surface area contributed by atoms with Crippen LogP contribution in [0.3, 0.4) is 0 Å². The van der Waals surface area contributed by atoms with E-state index in [1.165, 1.54) is 0 Å². The first-order valence-corrected chi connectivity index (χ1v) is 2.82. The maximum Gasteiger partial charge on any atom is 0.127 e. The summed E-state index contributed by atoms with van der Waals surface area (Å²) in [5, 5.41) is 9.24.